The molecule has 36 heavy (non-hydrogen) atoms. The summed E-state index contributed by atoms with van der Waals surface area (Å²) in [7, 11) is 8.79. The van der Waals surface area contributed by atoms with Gasteiger partial charge in [0.15, 0.2) is 0 Å². The van der Waals surface area contributed by atoms with E-state index < -0.39 is 5.41 Å². The molecule has 1 atom stereocenters. The molecular weight excluding hydrogens is 452 g/mol. The Kier molecular flexibility index (Phi) is 10.1. The smallest absolute Gasteiger partial charge is 0.122 e. The number of nitrogens with zero attached hydrogens (tertiary/aromatic N) is 2. The molecule has 0 aromatic heterocycles. The first-order chi connectivity index (χ1) is 17.5. The van der Waals surface area contributed by atoms with Crippen LogP contribution in [0.15, 0.2) is 48.0 Å². The van der Waals surface area contributed by atoms with Crippen molar-refractivity contribution >= 4 is 0 Å². The van der Waals surface area contributed by atoms with E-state index in [1.165, 1.54) is 17.6 Å². The molecular formula is C30H40N2O4. The van der Waals surface area contributed by atoms with Crippen molar-refractivity contribution in [3.05, 3.63) is 59.2 Å². The maximum Gasteiger partial charge on any atom is 0.122 e. The van der Waals surface area contributed by atoms with Gasteiger partial charge in [0.25, 0.3) is 0 Å². The second-order valence-corrected chi connectivity index (χ2v) is 9.47. The highest BCUT2D eigenvalue weighted by atomic mass is 16.5. The minimum atomic E-state index is -0.677. The van der Waals surface area contributed by atoms with E-state index in [1.54, 1.807) is 28.4 Å². The molecule has 6 nitrogen and oxygen atoms in total. The Morgan fingerprint density at radius 1 is 0.833 bits per heavy atom. The van der Waals surface area contributed by atoms with Crippen molar-refractivity contribution in [3.8, 4) is 29.1 Å². The summed E-state index contributed by atoms with van der Waals surface area (Å²) in [6.45, 7) is 1.81. The van der Waals surface area contributed by atoms with Gasteiger partial charge >= 0.3 is 0 Å². The molecule has 194 valence electrons. The van der Waals surface area contributed by atoms with E-state index in [0.717, 1.165) is 68.7 Å². The Morgan fingerprint density at radius 3 is 1.92 bits per heavy atom. The average Bonchev–Trinajstić information content (AvgIpc) is 2.94. The van der Waals surface area contributed by atoms with Crippen LogP contribution in [-0.4, -0.2) is 53.5 Å². The zero-order valence-electron chi connectivity index (χ0n) is 22.4. The van der Waals surface area contributed by atoms with Gasteiger partial charge in [-0.15, -0.1) is 0 Å². The van der Waals surface area contributed by atoms with Crippen LogP contribution in [0, 0.1) is 11.3 Å². The number of methoxy groups -OCH3 is 4. The normalized spacial score (nSPS) is 15.0. The number of allylic oxidation sites excluding steroid dienone is 2. The summed E-state index contributed by atoms with van der Waals surface area (Å²) in [4.78, 5) is 2.33. The Hall–Kier alpha value is -3.17. The topological polar surface area (TPSA) is 64.0 Å². The third-order valence-corrected chi connectivity index (χ3v) is 7.16. The van der Waals surface area contributed by atoms with Gasteiger partial charge in [-0.25, -0.2) is 0 Å². The lowest BCUT2D eigenvalue weighted by Gasteiger charge is -2.33. The maximum absolute atomic E-state index is 10.6. The van der Waals surface area contributed by atoms with E-state index in [1.807, 2.05) is 24.3 Å². The predicted octanol–water partition coefficient (Wildman–Crippen LogP) is 5.94. The van der Waals surface area contributed by atoms with Crippen LogP contribution in [0.25, 0.3) is 0 Å². The van der Waals surface area contributed by atoms with Gasteiger partial charge < -0.3 is 23.8 Å². The molecule has 0 spiro atoms. The average molecular weight is 493 g/mol. The number of hydrogen-bond donors (Lipinski definition) is 0. The van der Waals surface area contributed by atoms with Crippen LogP contribution in [0.3, 0.4) is 0 Å². The Morgan fingerprint density at radius 2 is 1.42 bits per heavy atom. The zero-order valence-corrected chi connectivity index (χ0v) is 22.4. The second-order valence-electron chi connectivity index (χ2n) is 9.47. The molecule has 2 aromatic rings. The van der Waals surface area contributed by atoms with Gasteiger partial charge in [0.05, 0.1) is 34.5 Å². The molecule has 2 aromatic carbocycles. The fourth-order valence-electron chi connectivity index (χ4n) is 5.02. The highest BCUT2D eigenvalue weighted by Crippen LogP contribution is 2.43. The molecule has 6 heteroatoms. The Balaban J connectivity index is 1.73. The third-order valence-electron chi connectivity index (χ3n) is 7.16. The van der Waals surface area contributed by atoms with E-state index in [9.17, 15) is 5.26 Å². The molecule has 0 amide bonds. The molecule has 0 heterocycles. The SMILES string of the molecule is COc1cc(CCN(C)CCCC(C#N)(C2=CCCCC2)c2cc(OC)cc(OC)c2)cc(OC)c1. The van der Waals surface area contributed by atoms with Gasteiger partial charge in [0.2, 0.25) is 0 Å². The standard InChI is InChI=1S/C30H40N2O4/c1-32(15-12-23-16-26(33-2)20-27(17-23)34-3)14-9-13-30(22-31,24-10-7-6-8-11-24)25-18-28(35-4)21-29(19-25)36-5/h10,16-21H,6-9,11-15H2,1-5H3. The van der Waals surface area contributed by atoms with Crippen molar-refractivity contribution in [2.45, 2.75) is 50.4 Å². The molecule has 0 fully saturated rings. The van der Waals surface area contributed by atoms with Crippen molar-refractivity contribution in [1.29, 1.82) is 5.26 Å². The lowest BCUT2D eigenvalue weighted by molar-refractivity contribution is 0.319. The fraction of sp³-hybridized carbons (Fsp3) is 0.500. The number of rotatable bonds is 13. The van der Waals surface area contributed by atoms with Crippen LogP contribution in [0.4, 0.5) is 0 Å². The molecule has 0 saturated heterocycles. The Labute approximate surface area is 216 Å². The minimum absolute atomic E-state index is 0.677. The highest BCUT2D eigenvalue weighted by Gasteiger charge is 2.37. The van der Waals surface area contributed by atoms with Crippen molar-refractivity contribution in [3.63, 3.8) is 0 Å². The number of nitriles is 1. The van der Waals surface area contributed by atoms with Gasteiger partial charge in [0.1, 0.15) is 28.4 Å². The number of benzene rings is 2. The van der Waals surface area contributed by atoms with E-state index >= 15 is 0 Å². The fourth-order valence-corrected chi connectivity index (χ4v) is 5.02. The summed E-state index contributed by atoms with van der Waals surface area (Å²) >= 11 is 0. The first-order valence-corrected chi connectivity index (χ1v) is 12.7. The monoisotopic (exact) mass is 492 g/mol. The lowest BCUT2D eigenvalue weighted by atomic mass is 9.69. The number of likely N-dealkylation sites (N-methyl/N-ethyl adjacent to an activating group) is 1. The van der Waals surface area contributed by atoms with Gasteiger partial charge in [-0.05, 0) is 99.5 Å². The molecule has 0 saturated carbocycles. The van der Waals surface area contributed by atoms with Crippen molar-refractivity contribution in [1.82, 2.24) is 4.90 Å². The van der Waals surface area contributed by atoms with Gasteiger partial charge in [-0.2, -0.15) is 5.26 Å². The van der Waals surface area contributed by atoms with E-state index in [-0.39, 0.29) is 0 Å². The highest BCUT2D eigenvalue weighted by molar-refractivity contribution is 5.50. The number of ether oxygens (including phenoxy) is 4. The predicted molar refractivity (Wildman–Crippen MR) is 143 cm³/mol. The van der Waals surface area contributed by atoms with Crippen LogP contribution in [0.5, 0.6) is 23.0 Å². The van der Waals surface area contributed by atoms with Crippen molar-refractivity contribution in [2.24, 2.45) is 0 Å². The van der Waals surface area contributed by atoms with Crippen LogP contribution >= 0.6 is 0 Å². The van der Waals surface area contributed by atoms with E-state index in [0.29, 0.717) is 11.5 Å². The van der Waals surface area contributed by atoms with Crippen LogP contribution < -0.4 is 18.9 Å². The second kappa shape index (κ2) is 13.2. The minimum Gasteiger partial charge on any atom is -0.497 e. The Bertz CT molecular complexity index is 1030. The molecule has 0 radical (unpaired) electrons. The first kappa shape index (κ1) is 27.4. The van der Waals surface area contributed by atoms with Crippen LogP contribution in [0.1, 0.15) is 49.7 Å². The summed E-state index contributed by atoms with van der Waals surface area (Å²) in [5, 5.41) is 10.6. The van der Waals surface area contributed by atoms with Crippen molar-refractivity contribution < 1.29 is 18.9 Å². The molecule has 0 bridgehead atoms. The largest absolute Gasteiger partial charge is 0.497 e. The third kappa shape index (κ3) is 6.73. The lowest BCUT2D eigenvalue weighted by Crippen LogP contribution is -2.30. The summed E-state index contributed by atoms with van der Waals surface area (Å²) < 4.78 is 21.9. The van der Waals surface area contributed by atoms with Crippen LogP contribution in [-0.2, 0) is 11.8 Å². The van der Waals surface area contributed by atoms with E-state index in [2.05, 4.69) is 36.2 Å². The summed E-state index contributed by atoms with van der Waals surface area (Å²) in [6.07, 6.45) is 9.14. The summed E-state index contributed by atoms with van der Waals surface area (Å²) in [5.41, 5.74) is 2.70. The first-order valence-electron chi connectivity index (χ1n) is 12.7. The van der Waals surface area contributed by atoms with Crippen molar-refractivity contribution in [2.75, 3.05) is 48.6 Å². The summed E-state index contributed by atoms with van der Waals surface area (Å²) in [6, 6.07) is 14.6. The molecule has 3 rings (SSSR count). The van der Waals surface area contributed by atoms with Gasteiger partial charge in [-0.1, -0.05) is 6.08 Å². The van der Waals surface area contributed by atoms with E-state index in [4.69, 9.17) is 18.9 Å². The molecule has 1 unspecified atom stereocenters. The quantitative estimate of drug-likeness (QED) is 0.323. The maximum atomic E-state index is 10.6. The molecule has 0 N–H and O–H groups in total. The zero-order chi connectivity index (χ0) is 26.0. The molecule has 1 aliphatic rings. The summed E-state index contributed by atoms with van der Waals surface area (Å²) in [5.74, 6) is 3.04. The molecule has 0 aliphatic heterocycles. The van der Waals surface area contributed by atoms with Gasteiger partial charge in [0, 0.05) is 18.7 Å². The number of hydrogen-bond acceptors (Lipinski definition) is 6. The molecule has 1 aliphatic carbocycles. The van der Waals surface area contributed by atoms with Gasteiger partial charge in [-0.3, -0.25) is 0 Å². The van der Waals surface area contributed by atoms with Crippen LogP contribution in [0.2, 0.25) is 0 Å².